The molecule has 11 heavy (non-hydrogen) atoms. The van der Waals surface area contributed by atoms with E-state index in [9.17, 15) is 0 Å². The van der Waals surface area contributed by atoms with Crippen LogP contribution in [-0.2, 0) is 0 Å². The first-order valence-electron chi connectivity index (χ1n) is 4.81. The van der Waals surface area contributed by atoms with E-state index in [1.807, 2.05) is 0 Å². The highest BCUT2D eigenvalue weighted by atomic mass is 14.7. The Balaban J connectivity index is 2.41. The van der Waals surface area contributed by atoms with Crippen molar-refractivity contribution in [3.05, 3.63) is 0 Å². The van der Waals surface area contributed by atoms with Crippen molar-refractivity contribution >= 4 is 0 Å². The molecule has 2 unspecified atom stereocenters. The van der Waals surface area contributed by atoms with Gasteiger partial charge in [0.15, 0.2) is 0 Å². The molecule has 2 N–H and O–H groups in total. The van der Waals surface area contributed by atoms with Gasteiger partial charge in [0, 0.05) is 6.04 Å². The summed E-state index contributed by atoms with van der Waals surface area (Å²) in [6.07, 6.45) is 5.19. The minimum Gasteiger partial charge on any atom is -0.327 e. The minimum atomic E-state index is 0.455. The zero-order chi connectivity index (χ0) is 8.48. The monoisotopic (exact) mass is 155 g/mol. The highest BCUT2D eigenvalue weighted by Crippen LogP contribution is 2.42. The molecule has 1 saturated carbocycles. The molecular weight excluding hydrogens is 134 g/mol. The Labute approximate surface area is 70.4 Å². The Morgan fingerprint density at radius 1 is 1.55 bits per heavy atom. The van der Waals surface area contributed by atoms with Crippen LogP contribution in [-0.4, -0.2) is 6.04 Å². The fraction of sp³-hybridized carbons (Fsp3) is 1.00. The van der Waals surface area contributed by atoms with Crippen molar-refractivity contribution in [2.75, 3.05) is 0 Å². The first-order chi connectivity index (χ1) is 5.05. The molecule has 1 rings (SSSR count). The summed E-state index contributed by atoms with van der Waals surface area (Å²) in [4.78, 5) is 0. The summed E-state index contributed by atoms with van der Waals surface area (Å²) in [6, 6.07) is 0.455. The topological polar surface area (TPSA) is 26.0 Å². The highest BCUT2D eigenvalue weighted by Gasteiger charge is 2.33. The van der Waals surface area contributed by atoms with Gasteiger partial charge >= 0.3 is 0 Å². The molecule has 0 aromatic rings. The van der Waals surface area contributed by atoms with Crippen LogP contribution in [0.4, 0.5) is 0 Å². The molecule has 0 amide bonds. The van der Waals surface area contributed by atoms with Crippen LogP contribution in [0.25, 0.3) is 0 Å². The maximum atomic E-state index is 6.00. The normalized spacial score (nSPS) is 32.2. The van der Waals surface area contributed by atoms with E-state index < -0.39 is 0 Å². The van der Waals surface area contributed by atoms with Gasteiger partial charge in [0.25, 0.3) is 0 Å². The molecule has 0 heterocycles. The Bertz CT molecular complexity index is 129. The number of hydrogen-bond acceptors (Lipinski definition) is 1. The molecule has 2 atom stereocenters. The summed E-state index contributed by atoms with van der Waals surface area (Å²) < 4.78 is 0. The van der Waals surface area contributed by atoms with E-state index in [0.717, 1.165) is 12.3 Å². The van der Waals surface area contributed by atoms with Crippen molar-refractivity contribution in [1.29, 1.82) is 0 Å². The smallest absolute Gasteiger partial charge is 0.00647 e. The fourth-order valence-corrected chi connectivity index (χ4v) is 2.19. The molecule has 1 heteroatoms. The van der Waals surface area contributed by atoms with Crippen molar-refractivity contribution in [2.45, 2.75) is 52.5 Å². The quantitative estimate of drug-likeness (QED) is 0.651. The van der Waals surface area contributed by atoms with E-state index in [4.69, 9.17) is 5.73 Å². The van der Waals surface area contributed by atoms with Gasteiger partial charge in [0.1, 0.15) is 0 Å². The second-order valence-electron chi connectivity index (χ2n) is 4.74. The summed E-state index contributed by atoms with van der Waals surface area (Å²) in [7, 11) is 0. The highest BCUT2D eigenvalue weighted by molar-refractivity contribution is 4.86. The van der Waals surface area contributed by atoms with Gasteiger partial charge in [-0.25, -0.2) is 0 Å². The maximum Gasteiger partial charge on any atom is 0.00647 e. The average molecular weight is 155 g/mol. The van der Waals surface area contributed by atoms with Crippen LogP contribution in [0.2, 0.25) is 0 Å². The molecule has 1 fully saturated rings. The standard InChI is InChI=1S/C10H21N/c1-4-9(11)8-5-6-10(2,3)7-8/h8-9H,4-7,11H2,1-3H3. The lowest BCUT2D eigenvalue weighted by Crippen LogP contribution is -2.28. The Hall–Kier alpha value is -0.0400. The Morgan fingerprint density at radius 2 is 2.18 bits per heavy atom. The third kappa shape index (κ3) is 2.19. The van der Waals surface area contributed by atoms with Crippen LogP contribution in [0.3, 0.4) is 0 Å². The van der Waals surface area contributed by atoms with Crippen LogP contribution < -0.4 is 5.73 Å². The summed E-state index contributed by atoms with van der Waals surface area (Å²) in [6.45, 7) is 6.90. The first-order valence-corrected chi connectivity index (χ1v) is 4.81. The molecule has 0 aromatic carbocycles. The molecule has 1 aliphatic carbocycles. The number of hydrogen-bond donors (Lipinski definition) is 1. The molecule has 0 aliphatic heterocycles. The number of nitrogens with two attached hydrogens (primary N) is 1. The number of rotatable bonds is 2. The van der Waals surface area contributed by atoms with Crippen LogP contribution in [0.15, 0.2) is 0 Å². The van der Waals surface area contributed by atoms with Crippen molar-refractivity contribution in [2.24, 2.45) is 17.1 Å². The third-order valence-corrected chi connectivity index (χ3v) is 3.08. The maximum absolute atomic E-state index is 6.00. The summed E-state index contributed by atoms with van der Waals surface area (Å²) in [5, 5.41) is 0. The lowest BCUT2D eigenvalue weighted by atomic mass is 9.88. The van der Waals surface area contributed by atoms with Crippen molar-refractivity contribution in [3.63, 3.8) is 0 Å². The van der Waals surface area contributed by atoms with E-state index >= 15 is 0 Å². The van der Waals surface area contributed by atoms with Crippen LogP contribution in [0.1, 0.15) is 46.5 Å². The lowest BCUT2D eigenvalue weighted by Gasteiger charge is -2.20. The predicted molar refractivity (Wildman–Crippen MR) is 49.4 cm³/mol. The van der Waals surface area contributed by atoms with Crippen molar-refractivity contribution < 1.29 is 0 Å². The summed E-state index contributed by atoms with van der Waals surface area (Å²) in [5.74, 6) is 0.801. The van der Waals surface area contributed by atoms with Gasteiger partial charge in [-0.1, -0.05) is 20.8 Å². The molecule has 0 saturated heterocycles. The fourth-order valence-electron chi connectivity index (χ4n) is 2.19. The lowest BCUT2D eigenvalue weighted by molar-refractivity contribution is 0.335. The summed E-state index contributed by atoms with van der Waals surface area (Å²) in [5.41, 5.74) is 6.57. The van der Waals surface area contributed by atoms with Crippen molar-refractivity contribution in [3.8, 4) is 0 Å². The predicted octanol–water partition coefficient (Wildman–Crippen LogP) is 2.55. The first kappa shape index (κ1) is 9.05. The minimum absolute atomic E-state index is 0.455. The second-order valence-corrected chi connectivity index (χ2v) is 4.74. The van der Waals surface area contributed by atoms with Crippen molar-refractivity contribution in [1.82, 2.24) is 0 Å². The van der Waals surface area contributed by atoms with Crippen LogP contribution >= 0.6 is 0 Å². The molecule has 0 bridgehead atoms. The van der Waals surface area contributed by atoms with E-state index in [1.165, 1.54) is 19.3 Å². The van der Waals surface area contributed by atoms with Gasteiger partial charge in [-0.3, -0.25) is 0 Å². The van der Waals surface area contributed by atoms with E-state index in [-0.39, 0.29) is 0 Å². The molecule has 0 spiro atoms. The molecule has 1 nitrogen and oxygen atoms in total. The largest absolute Gasteiger partial charge is 0.327 e. The van der Waals surface area contributed by atoms with Gasteiger partial charge in [0.2, 0.25) is 0 Å². The second kappa shape index (κ2) is 3.14. The molecular formula is C10H21N. The Morgan fingerprint density at radius 3 is 2.55 bits per heavy atom. The van der Waals surface area contributed by atoms with Crippen LogP contribution in [0.5, 0.6) is 0 Å². The summed E-state index contributed by atoms with van der Waals surface area (Å²) >= 11 is 0. The SMILES string of the molecule is CCC(N)C1CCC(C)(C)C1. The Kier molecular flexibility index (Phi) is 2.58. The van der Waals surface area contributed by atoms with E-state index in [2.05, 4.69) is 20.8 Å². The van der Waals surface area contributed by atoms with Gasteiger partial charge in [-0.2, -0.15) is 0 Å². The zero-order valence-electron chi connectivity index (χ0n) is 8.06. The zero-order valence-corrected chi connectivity index (χ0v) is 8.06. The van der Waals surface area contributed by atoms with E-state index in [0.29, 0.717) is 11.5 Å². The van der Waals surface area contributed by atoms with Gasteiger partial charge in [0.05, 0.1) is 0 Å². The van der Waals surface area contributed by atoms with Gasteiger partial charge in [-0.05, 0) is 37.0 Å². The van der Waals surface area contributed by atoms with Gasteiger partial charge < -0.3 is 5.73 Å². The average Bonchev–Trinajstić information content (AvgIpc) is 2.29. The molecule has 1 aliphatic rings. The molecule has 0 aromatic heterocycles. The van der Waals surface area contributed by atoms with Gasteiger partial charge in [-0.15, -0.1) is 0 Å². The van der Waals surface area contributed by atoms with Crippen LogP contribution in [0, 0.1) is 11.3 Å². The third-order valence-electron chi connectivity index (χ3n) is 3.08. The molecule has 0 radical (unpaired) electrons. The molecule has 66 valence electrons. The van der Waals surface area contributed by atoms with E-state index in [1.54, 1.807) is 0 Å².